The van der Waals surface area contributed by atoms with Gasteiger partial charge in [0, 0.05) is 26.2 Å². The van der Waals surface area contributed by atoms with E-state index in [1.165, 1.54) is 0 Å². The highest BCUT2D eigenvalue weighted by molar-refractivity contribution is 5.83. The lowest BCUT2D eigenvalue weighted by Gasteiger charge is -2.34. The second-order valence-electron chi connectivity index (χ2n) is 4.45. The van der Waals surface area contributed by atoms with Gasteiger partial charge in [0.1, 0.15) is 0 Å². The highest BCUT2D eigenvalue weighted by Crippen LogP contribution is 2.28. The first-order valence-corrected chi connectivity index (χ1v) is 6.27. The molecule has 0 saturated carbocycles. The van der Waals surface area contributed by atoms with E-state index in [0.29, 0.717) is 19.7 Å². The van der Waals surface area contributed by atoms with Gasteiger partial charge in [-0.15, -0.1) is 0 Å². The monoisotopic (exact) mass is 228 g/mol. The van der Waals surface area contributed by atoms with Crippen LogP contribution in [0.5, 0.6) is 0 Å². The molecule has 1 aliphatic rings. The highest BCUT2D eigenvalue weighted by atomic mass is 16.5. The topological polar surface area (TPSA) is 55.6 Å². The van der Waals surface area contributed by atoms with E-state index in [0.717, 1.165) is 32.4 Å². The van der Waals surface area contributed by atoms with Crippen molar-refractivity contribution >= 4 is 5.91 Å². The molecule has 0 aromatic rings. The van der Waals surface area contributed by atoms with Gasteiger partial charge in [-0.2, -0.15) is 0 Å². The van der Waals surface area contributed by atoms with Crippen molar-refractivity contribution in [1.82, 2.24) is 4.90 Å². The number of hydrogen-bond acceptors (Lipinski definition) is 3. The van der Waals surface area contributed by atoms with Crippen LogP contribution in [0.3, 0.4) is 0 Å². The summed E-state index contributed by atoms with van der Waals surface area (Å²) < 4.78 is 5.36. The van der Waals surface area contributed by atoms with E-state index in [4.69, 9.17) is 10.5 Å². The van der Waals surface area contributed by atoms with Gasteiger partial charge in [0.2, 0.25) is 5.91 Å². The minimum atomic E-state index is -0.357. The summed E-state index contributed by atoms with van der Waals surface area (Å²) in [5, 5.41) is 0. The molecule has 1 amide bonds. The maximum atomic E-state index is 12.5. The molecule has 1 aliphatic heterocycles. The third-order valence-electron chi connectivity index (χ3n) is 3.71. The fraction of sp³-hybridized carbons (Fsp3) is 0.917. The van der Waals surface area contributed by atoms with Crippen LogP contribution in [0.4, 0.5) is 0 Å². The Morgan fingerprint density at radius 3 is 2.56 bits per heavy atom. The summed E-state index contributed by atoms with van der Waals surface area (Å²) in [6.07, 6.45) is 2.56. The summed E-state index contributed by atoms with van der Waals surface area (Å²) >= 11 is 0. The minimum Gasteiger partial charge on any atom is -0.380 e. The molecule has 0 unspecified atom stereocenters. The van der Waals surface area contributed by atoms with E-state index in [2.05, 4.69) is 0 Å². The molecule has 2 N–H and O–H groups in total. The Bertz CT molecular complexity index is 211. The van der Waals surface area contributed by atoms with Crippen LogP contribution < -0.4 is 5.73 Å². The molecule has 4 nitrogen and oxygen atoms in total. The highest BCUT2D eigenvalue weighted by Gasteiger charge is 2.36. The largest absolute Gasteiger partial charge is 0.380 e. The maximum absolute atomic E-state index is 12.5. The van der Waals surface area contributed by atoms with E-state index >= 15 is 0 Å². The quantitative estimate of drug-likeness (QED) is 0.781. The van der Waals surface area contributed by atoms with Crippen LogP contribution in [0.2, 0.25) is 0 Å². The van der Waals surface area contributed by atoms with E-state index < -0.39 is 0 Å². The third kappa shape index (κ3) is 2.74. The van der Waals surface area contributed by atoms with Gasteiger partial charge < -0.3 is 15.4 Å². The first kappa shape index (κ1) is 13.5. The molecule has 1 fully saturated rings. The van der Waals surface area contributed by atoms with E-state index in [1.54, 1.807) is 0 Å². The molecule has 1 rings (SSSR count). The van der Waals surface area contributed by atoms with Crippen molar-refractivity contribution in [2.75, 3.05) is 32.8 Å². The van der Waals surface area contributed by atoms with Crippen LogP contribution in [0, 0.1) is 5.41 Å². The van der Waals surface area contributed by atoms with Gasteiger partial charge in [0.25, 0.3) is 0 Å². The number of nitrogens with two attached hydrogens (primary N) is 1. The molecule has 0 bridgehead atoms. The van der Waals surface area contributed by atoms with Crippen molar-refractivity contribution in [2.24, 2.45) is 11.1 Å². The van der Waals surface area contributed by atoms with Crippen molar-refractivity contribution in [2.45, 2.75) is 33.1 Å². The summed E-state index contributed by atoms with van der Waals surface area (Å²) in [6.45, 7) is 7.46. The molecule has 0 aromatic heterocycles. The molecule has 4 heteroatoms. The first-order valence-electron chi connectivity index (χ1n) is 6.27. The zero-order valence-electron chi connectivity index (χ0n) is 10.5. The molecule has 0 radical (unpaired) electrons. The summed E-state index contributed by atoms with van der Waals surface area (Å²) in [5.41, 5.74) is 5.44. The van der Waals surface area contributed by atoms with Crippen LogP contribution in [0.25, 0.3) is 0 Å². The van der Waals surface area contributed by atoms with Gasteiger partial charge in [-0.1, -0.05) is 13.8 Å². The Morgan fingerprint density at radius 2 is 2.00 bits per heavy atom. The zero-order valence-corrected chi connectivity index (χ0v) is 10.5. The van der Waals surface area contributed by atoms with E-state index in [1.807, 2.05) is 18.7 Å². The number of carbonyl (C=O) groups is 1. The molecule has 0 aliphatic carbocycles. The fourth-order valence-electron chi connectivity index (χ4n) is 2.21. The Morgan fingerprint density at radius 1 is 1.31 bits per heavy atom. The van der Waals surface area contributed by atoms with Crippen LogP contribution in [0.1, 0.15) is 33.1 Å². The van der Waals surface area contributed by atoms with Crippen molar-refractivity contribution in [3.05, 3.63) is 0 Å². The summed E-state index contributed by atoms with van der Waals surface area (Å²) in [7, 11) is 0. The number of rotatable bonds is 4. The molecule has 16 heavy (non-hydrogen) atoms. The summed E-state index contributed by atoms with van der Waals surface area (Å²) in [6, 6.07) is 0. The predicted molar refractivity (Wildman–Crippen MR) is 64.1 cm³/mol. The van der Waals surface area contributed by atoms with Gasteiger partial charge in [-0.3, -0.25) is 4.79 Å². The van der Waals surface area contributed by atoms with Gasteiger partial charge in [0.05, 0.1) is 12.0 Å². The van der Waals surface area contributed by atoms with Gasteiger partial charge >= 0.3 is 0 Å². The maximum Gasteiger partial charge on any atom is 0.230 e. The molecular weight excluding hydrogens is 204 g/mol. The number of nitrogens with zero attached hydrogens (tertiary/aromatic N) is 1. The molecular formula is C12H24N2O2. The number of amides is 1. The summed E-state index contributed by atoms with van der Waals surface area (Å²) in [4.78, 5) is 14.4. The smallest absolute Gasteiger partial charge is 0.230 e. The van der Waals surface area contributed by atoms with Crippen LogP contribution in [-0.2, 0) is 9.53 Å². The Labute approximate surface area is 98.1 Å². The number of ether oxygens (including phenoxy) is 1. The molecule has 1 saturated heterocycles. The normalized spacial score (nSPS) is 18.3. The fourth-order valence-corrected chi connectivity index (χ4v) is 2.21. The van der Waals surface area contributed by atoms with Crippen molar-refractivity contribution in [1.29, 1.82) is 0 Å². The van der Waals surface area contributed by atoms with E-state index in [9.17, 15) is 4.79 Å². The van der Waals surface area contributed by atoms with Crippen molar-refractivity contribution < 1.29 is 9.53 Å². The minimum absolute atomic E-state index is 0.213. The zero-order chi connectivity index (χ0) is 12.0. The van der Waals surface area contributed by atoms with Crippen molar-refractivity contribution in [3.8, 4) is 0 Å². The molecule has 0 atom stereocenters. The van der Waals surface area contributed by atoms with Gasteiger partial charge in [-0.05, 0) is 19.3 Å². The molecule has 1 heterocycles. The van der Waals surface area contributed by atoms with Gasteiger partial charge in [-0.25, -0.2) is 0 Å². The average molecular weight is 228 g/mol. The standard InChI is InChI=1S/C12H24N2O2/c1-3-12(4-2,10-13)11(15)14-6-5-8-16-9-7-14/h3-10,13H2,1-2H3. The molecule has 94 valence electrons. The first-order chi connectivity index (χ1) is 7.70. The van der Waals surface area contributed by atoms with Crippen molar-refractivity contribution in [3.63, 3.8) is 0 Å². The van der Waals surface area contributed by atoms with E-state index in [-0.39, 0.29) is 11.3 Å². The van der Waals surface area contributed by atoms with Crippen LogP contribution >= 0.6 is 0 Å². The molecule has 0 spiro atoms. The van der Waals surface area contributed by atoms with Gasteiger partial charge in [0.15, 0.2) is 0 Å². The third-order valence-corrected chi connectivity index (χ3v) is 3.71. The lowest BCUT2D eigenvalue weighted by atomic mass is 9.81. The number of hydrogen-bond donors (Lipinski definition) is 1. The lowest BCUT2D eigenvalue weighted by molar-refractivity contribution is -0.142. The predicted octanol–water partition coefficient (Wildman–Crippen LogP) is 1.00. The second kappa shape index (κ2) is 6.21. The van der Waals surface area contributed by atoms with Crippen LogP contribution in [0.15, 0.2) is 0 Å². The number of carbonyl (C=O) groups excluding carboxylic acids is 1. The SMILES string of the molecule is CCC(CC)(CN)C(=O)N1CCCOCC1. The summed E-state index contributed by atoms with van der Waals surface area (Å²) in [5.74, 6) is 0.213. The lowest BCUT2D eigenvalue weighted by Crippen LogP contribution is -2.48. The second-order valence-corrected chi connectivity index (χ2v) is 4.45. The Kier molecular flexibility index (Phi) is 5.22. The van der Waals surface area contributed by atoms with Crippen LogP contribution in [-0.4, -0.2) is 43.7 Å². The Balaban J connectivity index is 2.72. The Hall–Kier alpha value is -0.610. The molecule has 0 aromatic carbocycles. The average Bonchev–Trinajstić information content (AvgIpc) is 2.60.